The number of rotatable bonds is 4. The van der Waals surface area contributed by atoms with Crippen molar-refractivity contribution >= 4 is 39.6 Å². The summed E-state index contributed by atoms with van der Waals surface area (Å²) >= 11 is 0. The molecule has 2 amide bonds. The molecule has 198 valence electrons. The number of fused-ring (bicyclic) bond motifs is 3. The number of hydrogen-bond acceptors (Lipinski definition) is 7. The zero-order chi connectivity index (χ0) is 27.2. The molecule has 1 aliphatic carbocycles. The Hall–Kier alpha value is -4.49. The van der Waals surface area contributed by atoms with Crippen LogP contribution in [0, 0.1) is 5.82 Å². The number of nitrogens with zero attached hydrogens (tertiary/aromatic N) is 5. The fourth-order valence-corrected chi connectivity index (χ4v) is 4.07. The number of pyridine rings is 2. The third-order valence-electron chi connectivity index (χ3n) is 6.30. The fourth-order valence-electron chi connectivity index (χ4n) is 4.07. The quantitative estimate of drug-likeness (QED) is 0.300. The highest BCUT2D eigenvalue weighted by Gasteiger charge is 2.31. The van der Waals surface area contributed by atoms with E-state index >= 15 is 4.39 Å². The summed E-state index contributed by atoms with van der Waals surface area (Å²) in [5.74, 6) is -1.80. The minimum atomic E-state index is -4.60. The first-order chi connectivity index (χ1) is 18.0. The molecule has 38 heavy (non-hydrogen) atoms. The molecular weight excluding hydrogens is 510 g/mol. The van der Waals surface area contributed by atoms with Gasteiger partial charge in [0, 0.05) is 24.7 Å². The van der Waals surface area contributed by atoms with Gasteiger partial charge in [0.05, 0.1) is 46.0 Å². The summed E-state index contributed by atoms with van der Waals surface area (Å²) in [7, 11) is 1.65. The summed E-state index contributed by atoms with van der Waals surface area (Å²) < 4.78 is 60.7. The Morgan fingerprint density at radius 1 is 1.21 bits per heavy atom. The topological polar surface area (TPSA) is 128 Å². The van der Waals surface area contributed by atoms with Gasteiger partial charge in [-0.15, -0.1) is 0 Å². The van der Waals surface area contributed by atoms with Crippen LogP contribution in [0.2, 0.25) is 0 Å². The van der Waals surface area contributed by atoms with E-state index in [9.17, 15) is 22.8 Å². The first-order valence-electron chi connectivity index (χ1n) is 11.5. The van der Waals surface area contributed by atoms with Crippen LogP contribution < -0.4 is 11.2 Å². The van der Waals surface area contributed by atoms with Crippen LogP contribution in [-0.4, -0.2) is 42.9 Å². The highest BCUT2D eigenvalue weighted by molar-refractivity contribution is 6.10. The Bertz CT molecular complexity index is 1550. The number of nitrogens with one attached hydrogen (secondary N) is 1. The highest BCUT2D eigenvalue weighted by atomic mass is 19.4. The summed E-state index contributed by atoms with van der Waals surface area (Å²) in [6.07, 6.45) is -1.56. The van der Waals surface area contributed by atoms with E-state index in [1.807, 2.05) is 0 Å². The number of benzene rings is 1. The van der Waals surface area contributed by atoms with E-state index in [1.54, 1.807) is 7.05 Å². The number of nitrogens with two attached hydrogens (primary N) is 1. The molecule has 3 N–H and O–H groups in total. The summed E-state index contributed by atoms with van der Waals surface area (Å²) in [5, 5.41) is 5.76. The lowest BCUT2D eigenvalue weighted by molar-refractivity contribution is -0.137. The van der Waals surface area contributed by atoms with Crippen LogP contribution in [0.4, 0.5) is 28.2 Å². The van der Waals surface area contributed by atoms with Crippen LogP contribution in [0.25, 0.3) is 21.8 Å². The highest BCUT2D eigenvalue weighted by Crippen LogP contribution is 2.31. The number of aryl methyl sites for hydroxylation is 1. The van der Waals surface area contributed by atoms with E-state index in [2.05, 4.69) is 20.5 Å². The van der Waals surface area contributed by atoms with Gasteiger partial charge in [-0.25, -0.2) is 24.6 Å². The molecule has 1 aliphatic rings. The molecule has 3 heterocycles. The van der Waals surface area contributed by atoms with Crippen LogP contribution in [0.3, 0.4) is 0 Å². The van der Waals surface area contributed by atoms with Gasteiger partial charge in [-0.05, 0) is 37.5 Å². The Balaban J connectivity index is 1.51. The number of ether oxygens (including phenoxy) is 1. The summed E-state index contributed by atoms with van der Waals surface area (Å²) in [6.45, 7) is -0.463. The number of aromatic nitrogens is 4. The van der Waals surface area contributed by atoms with Gasteiger partial charge in [0.15, 0.2) is 0 Å². The van der Waals surface area contributed by atoms with Crippen LogP contribution in [0.5, 0.6) is 0 Å². The van der Waals surface area contributed by atoms with E-state index in [4.69, 9.17) is 10.5 Å². The smallest absolute Gasteiger partial charge is 0.426 e. The van der Waals surface area contributed by atoms with E-state index in [-0.39, 0.29) is 23.1 Å². The molecule has 0 spiro atoms. The summed E-state index contributed by atoms with van der Waals surface area (Å²) in [6, 6.07) is 4.15. The fraction of sp³-hybridized carbons (Fsp3) is 0.292. The third-order valence-corrected chi connectivity index (χ3v) is 6.30. The molecule has 10 nitrogen and oxygen atoms in total. The maximum absolute atomic E-state index is 15.2. The molecule has 5 rings (SSSR count). The number of carbonyl (C=O) groups excluding carboxylic acids is 2. The summed E-state index contributed by atoms with van der Waals surface area (Å²) in [4.78, 5) is 33.9. The van der Waals surface area contributed by atoms with Crippen molar-refractivity contribution in [3.63, 3.8) is 0 Å². The van der Waals surface area contributed by atoms with Gasteiger partial charge in [0.2, 0.25) is 0 Å². The number of hydrazine groups is 1. The number of carbonyl (C=O) groups is 2. The zero-order valence-corrected chi connectivity index (χ0v) is 19.9. The number of nitrogen functional groups attached to an aromatic ring is 1. The van der Waals surface area contributed by atoms with Gasteiger partial charge in [0.25, 0.3) is 5.91 Å². The van der Waals surface area contributed by atoms with Crippen molar-refractivity contribution in [3.05, 3.63) is 59.3 Å². The number of anilines is 1. The normalized spacial score (nSPS) is 13.9. The largest absolute Gasteiger partial charge is 0.445 e. The second-order valence-electron chi connectivity index (χ2n) is 8.87. The van der Waals surface area contributed by atoms with E-state index < -0.39 is 41.7 Å². The molecule has 14 heteroatoms. The van der Waals surface area contributed by atoms with Gasteiger partial charge in [-0.2, -0.15) is 18.3 Å². The predicted octanol–water partition coefficient (Wildman–Crippen LogP) is 4.09. The van der Waals surface area contributed by atoms with E-state index in [0.29, 0.717) is 35.3 Å². The van der Waals surface area contributed by atoms with Gasteiger partial charge in [-0.3, -0.25) is 14.5 Å². The molecule has 1 saturated carbocycles. The molecular formula is C24H21F4N7O3. The lowest BCUT2D eigenvalue weighted by Crippen LogP contribution is -2.47. The van der Waals surface area contributed by atoms with Crippen molar-refractivity contribution < 1.29 is 31.9 Å². The first-order valence-corrected chi connectivity index (χ1v) is 11.5. The number of amides is 2. The van der Waals surface area contributed by atoms with Gasteiger partial charge >= 0.3 is 12.3 Å². The Kier molecular flexibility index (Phi) is 6.25. The molecule has 0 saturated heterocycles. The first kappa shape index (κ1) is 25.2. The molecule has 1 aromatic carbocycles. The van der Waals surface area contributed by atoms with Gasteiger partial charge in [-0.1, -0.05) is 0 Å². The maximum atomic E-state index is 15.2. The maximum Gasteiger partial charge on any atom is 0.426 e. The lowest BCUT2D eigenvalue weighted by atomic mass is 9.96. The zero-order valence-electron chi connectivity index (χ0n) is 19.9. The van der Waals surface area contributed by atoms with Crippen molar-refractivity contribution in [1.29, 1.82) is 0 Å². The van der Waals surface area contributed by atoms with Gasteiger partial charge < -0.3 is 10.5 Å². The predicted molar refractivity (Wildman–Crippen MR) is 127 cm³/mol. The number of hydrogen-bond donors (Lipinski definition) is 2. The van der Waals surface area contributed by atoms with Crippen LogP contribution in [-0.2, 0) is 24.5 Å². The SMILES string of the molecule is Cn1ncc2c(N)nc3cc(F)c(C(=O)N(Cc4ccc(C(F)(F)F)cn4)NC(=O)OC4CCC4)cc3c21. The average Bonchev–Trinajstić information content (AvgIpc) is 3.22. The molecule has 0 unspecified atom stereocenters. The second-order valence-corrected chi connectivity index (χ2v) is 8.87. The summed E-state index contributed by atoms with van der Waals surface area (Å²) in [5.41, 5.74) is 7.54. The molecule has 0 aliphatic heterocycles. The van der Waals surface area contributed by atoms with Crippen LogP contribution in [0.15, 0.2) is 36.7 Å². The molecule has 0 radical (unpaired) electrons. The van der Waals surface area contributed by atoms with Crippen molar-refractivity contribution in [2.24, 2.45) is 7.05 Å². The van der Waals surface area contributed by atoms with Crippen LogP contribution in [0.1, 0.15) is 40.9 Å². The average molecular weight is 531 g/mol. The van der Waals surface area contributed by atoms with E-state index in [0.717, 1.165) is 29.6 Å². The standard InChI is InChI=1S/C24H21F4N7O3/c1-34-20-16-7-15(18(25)8-19(16)32-21(29)17(20)10-31-34)22(36)35(33-23(37)38-14-3-2-4-14)11-13-6-5-12(9-30-13)24(26,27)28/h5-10,14H,2-4,11H2,1H3,(H2,29,32)(H,33,37). The van der Waals surface area contributed by atoms with Crippen molar-refractivity contribution in [2.75, 3.05) is 5.73 Å². The minimum absolute atomic E-state index is 0.0138. The monoisotopic (exact) mass is 531 g/mol. The van der Waals surface area contributed by atoms with Crippen molar-refractivity contribution in [1.82, 2.24) is 30.2 Å². The molecule has 1 fully saturated rings. The lowest BCUT2D eigenvalue weighted by Gasteiger charge is -2.28. The molecule has 3 aromatic heterocycles. The van der Waals surface area contributed by atoms with Gasteiger partial charge in [0.1, 0.15) is 17.7 Å². The minimum Gasteiger partial charge on any atom is -0.445 e. The number of alkyl halides is 3. The Morgan fingerprint density at radius 3 is 2.61 bits per heavy atom. The Morgan fingerprint density at radius 2 is 1.97 bits per heavy atom. The third kappa shape index (κ3) is 4.76. The second kappa shape index (κ2) is 9.43. The number of halogens is 4. The molecule has 4 aromatic rings. The molecule has 0 atom stereocenters. The van der Waals surface area contributed by atoms with Crippen molar-refractivity contribution in [3.8, 4) is 0 Å². The molecule has 0 bridgehead atoms. The van der Waals surface area contributed by atoms with E-state index in [1.165, 1.54) is 16.9 Å². The van der Waals surface area contributed by atoms with Crippen LogP contribution >= 0.6 is 0 Å². The Labute approximate surface area is 212 Å². The van der Waals surface area contributed by atoms with Crippen molar-refractivity contribution in [2.45, 2.75) is 38.1 Å².